The van der Waals surface area contributed by atoms with Gasteiger partial charge in [0.1, 0.15) is 12.4 Å². The van der Waals surface area contributed by atoms with Crippen molar-refractivity contribution in [1.82, 2.24) is 0 Å². The molecule has 0 aromatic heterocycles. The van der Waals surface area contributed by atoms with Crippen molar-refractivity contribution in [2.24, 2.45) is 5.41 Å². The van der Waals surface area contributed by atoms with Crippen LogP contribution in [-0.4, -0.2) is 29.8 Å². The lowest BCUT2D eigenvalue weighted by molar-refractivity contribution is -0.127. The smallest absolute Gasteiger partial charge is 0.236 e. The molecule has 2 aromatic carbocycles. The second kappa shape index (κ2) is 7.47. The SMILES string of the molecule is CCN1C(=O)C(C)(C)COc2cc(C3(Sc4ccc(Cl)cc4)CC(C)(O)C3)ccc21. The van der Waals surface area contributed by atoms with Crippen LogP contribution >= 0.6 is 23.4 Å². The summed E-state index contributed by atoms with van der Waals surface area (Å²) in [7, 11) is 0. The number of hydrogen-bond acceptors (Lipinski definition) is 4. The molecular formula is C24H28ClNO3S. The highest BCUT2D eigenvalue weighted by Crippen LogP contribution is 2.60. The van der Waals surface area contributed by atoms with E-state index in [4.69, 9.17) is 16.3 Å². The molecule has 1 saturated carbocycles. The Morgan fingerprint density at radius 1 is 1.13 bits per heavy atom. The molecule has 1 fully saturated rings. The fourth-order valence-electron chi connectivity index (χ4n) is 4.49. The zero-order chi connectivity index (χ0) is 21.7. The molecule has 160 valence electrons. The van der Waals surface area contributed by atoms with E-state index in [2.05, 4.69) is 12.1 Å². The Morgan fingerprint density at radius 2 is 1.80 bits per heavy atom. The lowest BCUT2D eigenvalue weighted by Gasteiger charge is -2.52. The summed E-state index contributed by atoms with van der Waals surface area (Å²) in [6, 6.07) is 13.9. The number of thioether (sulfide) groups is 1. The molecule has 4 nitrogen and oxygen atoms in total. The highest BCUT2D eigenvalue weighted by Gasteiger charge is 2.53. The standard InChI is InChI=1S/C24H28ClNO3S/c1-5-26-19-11-6-16(12-20(19)29-15-22(2,3)21(26)27)24(13-23(4,28)14-24)30-18-9-7-17(25)8-10-18/h6-12,28H,5,13-15H2,1-4H3. The van der Waals surface area contributed by atoms with Crippen LogP contribution in [0.1, 0.15) is 46.1 Å². The number of benzene rings is 2. The molecule has 1 heterocycles. The van der Waals surface area contributed by atoms with Gasteiger partial charge in [0.2, 0.25) is 5.91 Å². The molecule has 0 spiro atoms. The second-order valence-electron chi connectivity index (χ2n) is 9.31. The van der Waals surface area contributed by atoms with E-state index in [1.54, 1.807) is 11.8 Å². The van der Waals surface area contributed by atoms with Gasteiger partial charge in [-0.2, -0.15) is 0 Å². The number of hydrogen-bond donors (Lipinski definition) is 1. The van der Waals surface area contributed by atoms with Crippen LogP contribution < -0.4 is 9.64 Å². The summed E-state index contributed by atoms with van der Waals surface area (Å²) in [4.78, 5) is 15.9. The minimum absolute atomic E-state index is 0.0772. The number of nitrogens with zero attached hydrogens (tertiary/aromatic N) is 1. The van der Waals surface area contributed by atoms with Gasteiger partial charge in [0.15, 0.2) is 0 Å². The van der Waals surface area contributed by atoms with Crippen LogP contribution in [0, 0.1) is 5.41 Å². The summed E-state index contributed by atoms with van der Waals surface area (Å²) in [5.74, 6) is 0.809. The third-order valence-corrected chi connectivity index (χ3v) is 7.64. The first-order valence-corrected chi connectivity index (χ1v) is 11.5. The maximum absolute atomic E-state index is 13.0. The Kier molecular flexibility index (Phi) is 5.36. The van der Waals surface area contributed by atoms with Gasteiger partial charge in [0.05, 0.1) is 21.5 Å². The third kappa shape index (κ3) is 3.83. The topological polar surface area (TPSA) is 49.8 Å². The highest BCUT2D eigenvalue weighted by atomic mass is 35.5. The number of rotatable bonds is 4. The largest absolute Gasteiger partial charge is 0.490 e. The Bertz CT molecular complexity index is 963. The normalized spacial score (nSPS) is 27.7. The fraction of sp³-hybridized carbons (Fsp3) is 0.458. The van der Waals surface area contributed by atoms with Crippen molar-refractivity contribution in [2.45, 2.75) is 55.8 Å². The van der Waals surface area contributed by atoms with E-state index in [1.165, 1.54) is 0 Å². The third-order valence-electron chi connectivity index (χ3n) is 5.97. The van der Waals surface area contributed by atoms with E-state index in [0.717, 1.165) is 21.9 Å². The molecule has 4 rings (SSSR count). The molecule has 0 unspecified atom stereocenters. The number of ether oxygens (including phenoxy) is 1. The zero-order valence-corrected chi connectivity index (χ0v) is 19.4. The summed E-state index contributed by atoms with van der Waals surface area (Å²) in [5, 5.41) is 11.3. The van der Waals surface area contributed by atoms with Crippen LogP contribution in [0.15, 0.2) is 47.4 Å². The summed E-state index contributed by atoms with van der Waals surface area (Å²) in [6.07, 6.45) is 1.29. The Balaban J connectivity index is 1.72. The molecule has 1 aliphatic carbocycles. The fourth-order valence-corrected chi connectivity index (χ4v) is 6.35. The average Bonchev–Trinajstić information content (AvgIpc) is 2.76. The number of halogens is 1. The minimum Gasteiger partial charge on any atom is -0.490 e. The number of aliphatic hydroxyl groups is 1. The van der Waals surface area contributed by atoms with E-state index in [-0.39, 0.29) is 10.7 Å². The van der Waals surface area contributed by atoms with Crippen molar-refractivity contribution < 1.29 is 14.6 Å². The highest BCUT2D eigenvalue weighted by molar-refractivity contribution is 8.00. The molecular weight excluding hydrogens is 418 g/mol. The molecule has 30 heavy (non-hydrogen) atoms. The summed E-state index contributed by atoms with van der Waals surface area (Å²) >= 11 is 7.80. The number of carbonyl (C=O) groups is 1. The maximum Gasteiger partial charge on any atom is 0.236 e. The van der Waals surface area contributed by atoms with Gasteiger partial charge in [-0.1, -0.05) is 17.7 Å². The lowest BCUT2D eigenvalue weighted by atomic mass is 9.68. The van der Waals surface area contributed by atoms with E-state index >= 15 is 0 Å². The lowest BCUT2D eigenvalue weighted by Crippen LogP contribution is -2.50. The molecule has 1 amide bonds. The molecule has 1 N–H and O–H groups in total. The Hall–Kier alpha value is -1.69. The maximum atomic E-state index is 13.0. The van der Waals surface area contributed by atoms with Crippen LogP contribution in [0.2, 0.25) is 5.02 Å². The average molecular weight is 446 g/mol. The Morgan fingerprint density at radius 3 is 2.40 bits per heavy atom. The van der Waals surface area contributed by atoms with Gasteiger partial charge in [-0.3, -0.25) is 4.79 Å². The molecule has 0 bridgehead atoms. The van der Waals surface area contributed by atoms with Crippen molar-refractivity contribution in [1.29, 1.82) is 0 Å². The van der Waals surface area contributed by atoms with E-state index in [9.17, 15) is 9.90 Å². The van der Waals surface area contributed by atoms with Gasteiger partial charge in [0.25, 0.3) is 0 Å². The first-order chi connectivity index (χ1) is 14.1. The van der Waals surface area contributed by atoms with Crippen LogP contribution in [-0.2, 0) is 9.54 Å². The molecule has 2 aliphatic rings. The molecule has 0 saturated heterocycles. The monoisotopic (exact) mass is 445 g/mol. The quantitative estimate of drug-likeness (QED) is 0.661. The van der Waals surface area contributed by atoms with Crippen LogP contribution in [0.4, 0.5) is 5.69 Å². The summed E-state index contributed by atoms with van der Waals surface area (Å²) in [5.41, 5.74) is 0.649. The predicted molar refractivity (Wildman–Crippen MR) is 123 cm³/mol. The summed E-state index contributed by atoms with van der Waals surface area (Å²) < 4.78 is 5.89. The van der Waals surface area contributed by atoms with E-state index < -0.39 is 11.0 Å². The summed E-state index contributed by atoms with van der Waals surface area (Å²) in [6.45, 7) is 8.65. The predicted octanol–water partition coefficient (Wildman–Crippen LogP) is 5.64. The molecule has 1 aliphatic heterocycles. The number of fused-ring (bicyclic) bond motifs is 1. The van der Waals surface area contributed by atoms with Crippen molar-refractivity contribution in [3.05, 3.63) is 53.1 Å². The van der Waals surface area contributed by atoms with Crippen molar-refractivity contribution in [3.8, 4) is 5.75 Å². The molecule has 0 atom stereocenters. The van der Waals surface area contributed by atoms with Gasteiger partial charge in [-0.25, -0.2) is 0 Å². The van der Waals surface area contributed by atoms with Gasteiger partial charge in [0, 0.05) is 16.5 Å². The second-order valence-corrected chi connectivity index (χ2v) is 11.2. The number of carbonyl (C=O) groups excluding carboxylic acids is 1. The van der Waals surface area contributed by atoms with Crippen LogP contribution in [0.3, 0.4) is 0 Å². The van der Waals surface area contributed by atoms with Crippen molar-refractivity contribution in [2.75, 3.05) is 18.1 Å². The van der Waals surface area contributed by atoms with Gasteiger partial charge in [-0.15, -0.1) is 11.8 Å². The van der Waals surface area contributed by atoms with Crippen molar-refractivity contribution in [3.63, 3.8) is 0 Å². The minimum atomic E-state index is -0.694. The molecule has 0 radical (unpaired) electrons. The zero-order valence-electron chi connectivity index (χ0n) is 17.9. The first kappa shape index (κ1) is 21.5. The molecule has 2 aromatic rings. The van der Waals surface area contributed by atoms with Crippen molar-refractivity contribution >= 4 is 35.0 Å². The first-order valence-electron chi connectivity index (χ1n) is 10.3. The number of amides is 1. The Labute approximate surface area is 187 Å². The van der Waals surface area contributed by atoms with Gasteiger partial charge in [-0.05, 0) is 82.5 Å². The van der Waals surface area contributed by atoms with Crippen LogP contribution in [0.5, 0.6) is 5.75 Å². The van der Waals surface area contributed by atoms with Gasteiger partial charge < -0.3 is 14.7 Å². The van der Waals surface area contributed by atoms with Crippen LogP contribution in [0.25, 0.3) is 0 Å². The van der Waals surface area contributed by atoms with E-state index in [1.807, 2.05) is 62.9 Å². The van der Waals surface area contributed by atoms with Gasteiger partial charge >= 0.3 is 0 Å². The number of anilines is 1. The molecule has 6 heteroatoms. The van der Waals surface area contributed by atoms with E-state index in [0.29, 0.717) is 31.0 Å².